The summed E-state index contributed by atoms with van der Waals surface area (Å²) in [5, 5.41) is 2.84. The second-order valence-corrected chi connectivity index (χ2v) is 28.1. The molecule has 0 bridgehead atoms. The van der Waals surface area contributed by atoms with Crippen molar-refractivity contribution in [3.8, 4) is 39.1 Å². The van der Waals surface area contributed by atoms with Crippen molar-refractivity contribution in [3.05, 3.63) is 138 Å². The lowest BCUT2D eigenvalue weighted by Crippen LogP contribution is -2.52. The summed E-state index contributed by atoms with van der Waals surface area (Å²) in [6, 6.07) is 37.8. The average Bonchev–Trinajstić information content (AvgIpc) is 3.40. The molecule has 0 aliphatic heterocycles. The standard InChI is InChI=1S/C48H58OSi2/c1-14-27-49-45-43(50(9,10)11)28-32(2)29-44(45)51(12,13)46-41-30-35(33-15-21-37(22-16-33)47(3,4)5)19-25-39(41)40-26-20-36(31-42(40)46)34-17-23-38(24-18-34)48(6,7)8/h14-26,28-31,46H,1,27H2,2-13H3. The predicted octanol–water partition coefficient (Wildman–Crippen LogP) is 12.3. The summed E-state index contributed by atoms with van der Waals surface area (Å²) in [5.41, 5.74) is 15.3. The summed E-state index contributed by atoms with van der Waals surface area (Å²) in [7, 11) is -4.07. The Morgan fingerprint density at radius 3 is 1.39 bits per heavy atom. The van der Waals surface area contributed by atoms with Gasteiger partial charge in [0, 0.05) is 5.54 Å². The zero-order valence-corrected chi connectivity index (χ0v) is 35.2. The first-order valence-corrected chi connectivity index (χ1v) is 25.3. The van der Waals surface area contributed by atoms with E-state index in [1.807, 2.05) is 6.08 Å². The number of hydrogen-bond donors (Lipinski definition) is 0. The highest BCUT2D eigenvalue weighted by molar-refractivity contribution is 6.94. The summed E-state index contributed by atoms with van der Waals surface area (Å²) < 4.78 is 6.74. The minimum absolute atomic E-state index is 0.123. The number of fused-ring (bicyclic) bond motifs is 3. The van der Waals surface area contributed by atoms with Crippen molar-refractivity contribution in [3.63, 3.8) is 0 Å². The molecule has 0 N–H and O–H groups in total. The van der Waals surface area contributed by atoms with Crippen molar-refractivity contribution in [2.75, 3.05) is 6.61 Å². The van der Waals surface area contributed by atoms with E-state index in [0.717, 1.165) is 5.75 Å². The average molecular weight is 707 g/mol. The number of aryl methyl sites for hydroxylation is 1. The second-order valence-electron chi connectivity index (χ2n) is 18.5. The molecule has 51 heavy (non-hydrogen) atoms. The molecule has 0 unspecified atom stereocenters. The Bertz CT molecular complexity index is 1970. The monoisotopic (exact) mass is 706 g/mol. The zero-order chi connectivity index (χ0) is 37.1. The Morgan fingerprint density at radius 1 is 0.588 bits per heavy atom. The molecule has 0 amide bonds. The van der Waals surface area contributed by atoms with Crippen LogP contribution in [0.4, 0.5) is 0 Å². The van der Waals surface area contributed by atoms with E-state index in [1.165, 1.54) is 71.6 Å². The van der Waals surface area contributed by atoms with Gasteiger partial charge in [0.05, 0.1) is 16.1 Å². The van der Waals surface area contributed by atoms with Crippen molar-refractivity contribution in [1.82, 2.24) is 0 Å². The van der Waals surface area contributed by atoms with Crippen LogP contribution in [0.5, 0.6) is 5.75 Å². The summed E-state index contributed by atoms with van der Waals surface area (Å²) in [6.07, 6.45) is 1.89. The van der Waals surface area contributed by atoms with Gasteiger partial charge < -0.3 is 4.74 Å². The van der Waals surface area contributed by atoms with Crippen molar-refractivity contribution in [1.29, 1.82) is 0 Å². The lowest BCUT2D eigenvalue weighted by molar-refractivity contribution is 0.368. The minimum Gasteiger partial charge on any atom is -0.490 e. The van der Waals surface area contributed by atoms with Gasteiger partial charge in [-0.1, -0.05) is 190 Å². The number of rotatable bonds is 8. The van der Waals surface area contributed by atoms with Gasteiger partial charge in [-0.2, -0.15) is 0 Å². The molecule has 1 aliphatic carbocycles. The molecule has 5 aromatic carbocycles. The third-order valence-corrected chi connectivity index (χ3v) is 16.8. The van der Waals surface area contributed by atoms with E-state index in [2.05, 4.69) is 185 Å². The van der Waals surface area contributed by atoms with Crippen LogP contribution >= 0.6 is 0 Å². The van der Waals surface area contributed by atoms with Gasteiger partial charge in [-0.05, 0) is 83.8 Å². The van der Waals surface area contributed by atoms with Crippen LogP contribution in [0.1, 0.15) is 74.9 Å². The highest BCUT2D eigenvalue weighted by atomic mass is 28.3. The van der Waals surface area contributed by atoms with E-state index in [1.54, 1.807) is 0 Å². The van der Waals surface area contributed by atoms with Crippen LogP contribution in [-0.4, -0.2) is 22.8 Å². The van der Waals surface area contributed by atoms with Crippen molar-refractivity contribution < 1.29 is 4.74 Å². The van der Waals surface area contributed by atoms with E-state index in [0.29, 0.717) is 6.61 Å². The van der Waals surface area contributed by atoms with Gasteiger partial charge in [-0.25, -0.2) is 0 Å². The number of benzene rings is 5. The van der Waals surface area contributed by atoms with E-state index < -0.39 is 16.1 Å². The molecule has 0 saturated carbocycles. The highest BCUT2D eigenvalue weighted by Gasteiger charge is 2.45. The van der Waals surface area contributed by atoms with Gasteiger partial charge in [0.2, 0.25) is 0 Å². The molecule has 1 nitrogen and oxygen atoms in total. The summed E-state index contributed by atoms with van der Waals surface area (Å²) in [6.45, 7) is 33.0. The van der Waals surface area contributed by atoms with Crippen molar-refractivity contribution in [2.24, 2.45) is 0 Å². The Hall–Kier alpha value is -3.93. The Morgan fingerprint density at radius 2 is 1.00 bits per heavy atom. The van der Waals surface area contributed by atoms with Gasteiger partial charge in [0.25, 0.3) is 0 Å². The first kappa shape index (κ1) is 36.9. The molecule has 0 saturated heterocycles. The molecule has 0 aromatic heterocycles. The fourth-order valence-corrected chi connectivity index (χ4v) is 13.4. The lowest BCUT2D eigenvalue weighted by atomic mass is 9.86. The quantitative estimate of drug-likeness (QED) is 0.115. The summed E-state index contributed by atoms with van der Waals surface area (Å²) in [5.74, 6) is 1.12. The largest absolute Gasteiger partial charge is 0.490 e. The molecule has 5 aromatic rings. The second kappa shape index (κ2) is 13.2. The van der Waals surface area contributed by atoms with Gasteiger partial charge >= 0.3 is 0 Å². The SMILES string of the molecule is C=CCOc1c([Si](C)(C)C)cc(C)cc1[Si](C)(C)C1c2cc(-c3ccc(C(C)(C)C)cc3)ccc2-c2ccc(-c3ccc(C(C)(C)C)cc3)cc21. The van der Waals surface area contributed by atoms with Crippen LogP contribution in [0.3, 0.4) is 0 Å². The van der Waals surface area contributed by atoms with Crippen LogP contribution in [-0.2, 0) is 10.8 Å². The first-order chi connectivity index (χ1) is 23.8. The molecule has 0 radical (unpaired) electrons. The van der Waals surface area contributed by atoms with Crippen LogP contribution in [0.15, 0.2) is 110 Å². The van der Waals surface area contributed by atoms with Crippen LogP contribution in [0, 0.1) is 6.92 Å². The van der Waals surface area contributed by atoms with Gasteiger partial charge in [0.1, 0.15) is 12.4 Å². The van der Waals surface area contributed by atoms with Gasteiger partial charge in [0.15, 0.2) is 0 Å². The number of hydrogen-bond acceptors (Lipinski definition) is 1. The van der Waals surface area contributed by atoms with Gasteiger partial charge in [-0.15, -0.1) is 0 Å². The van der Waals surface area contributed by atoms with Crippen molar-refractivity contribution in [2.45, 2.75) is 97.6 Å². The van der Waals surface area contributed by atoms with Crippen LogP contribution < -0.4 is 15.1 Å². The fraction of sp³-hybridized carbons (Fsp3) is 0.333. The molecule has 0 atom stereocenters. The Balaban J connectivity index is 1.57. The summed E-state index contributed by atoms with van der Waals surface area (Å²) in [4.78, 5) is 0. The Kier molecular flexibility index (Phi) is 9.57. The third kappa shape index (κ3) is 7.13. The Labute approximate surface area is 310 Å². The molecule has 0 fully saturated rings. The molecular weight excluding hydrogens is 649 g/mol. The fourth-order valence-electron chi connectivity index (χ4n) is 7.99. The molecule has 264 valence electrons. The zero-order valence-electron chi connectivity index (χ0n) is 33.2. The van der Waals surface area contributed by atoms with Crippen LogP contribution in [0.25, 0.3) is 33.4 Å². The van der Waals surface area contributed by atoms with E-state index in [9.17, 15) is 0 Å². The molecule has 6 rings (SSSR count). The normalized spacial score (nSPS) is 13.6. The van der Waals surface area contributed by atoms with Crippen molar-refractivity contribution >= 4 is 26.5 Å². The predicted molar refractivity (Wildman–Crippen MR) is 229 cm³/mol. The van der Waals surface area contributed by atoms with Crippen LogP contribution in [0.2, 0.25) is 32.7 Å². The summed E-state index contributed by atoms with van der Waals surface area (Å²) >= 11 is 0. The highest BCUT2D eigenvalue weighted by Crippen LogP contribution is 2.51. The third-order valence-electron chi connectivity index (χ3n) is 11.0. The smallest absolute Gasteiger partial charge is 0.118 e. The molecule has 0 spiro atoms. The van der Waals surface area contributed by atoms with Gasteiger partial charge in [-0.3, -0.25) is 0 Å². The molecule has 3 heteroatoms. The van der Waals surface area contributed by atoms with E-state index in [-0.39, 0.29) is 16.4 Å². The van der Waals surface area contributed by atoms with E-state index >= 15 is 0 Å². The maximum absolute atomic E-state index is 6.74. The minimum atomic E-state index is -2.34. The maximum Gasteiger partial charge on any atom is 0.118 e. The lowest BCUT2D eigenvalue weighted by Gasteiger charge is -2.36. The maximum atomic E-state index is 6.74. The first-order valence-electron chi connectivity index (χ1n) is 18.7. The molecule has 1 aliphatic rings. The molecular formula is C48H58OSi2. The molecule has 0 heterocycles. The van der Waals surface area contributed by atoms with E-state index in [4.69, 9.17) is 4.74 Å². The number of ether oxygens (including phenoxy) is 1. The topological polar surface area (TPSA) is 9.23 Å².